The van der Waals surface area contributed by atoms with Crippen LogP contribution in [-0.2, 0) is 15.1 Å². The summed E-state index contributed by atoms with van der Waals surface area (Å²) in [5.41, 5.74) is 3.60. The zero-order valence-corrected chi connectivity index (χ0v) is 27.1. The van der Waals surface area contributed by atoms with Gasteiger partial charge in [0.15, 0.2) is 0 Å². The third-order valence-corrected chi connectivity index (χ3v) is 8.57. The molecule has 1 aliphatic heterocycles. The second kappa shape index (κ2) is 13.3. The maximum absolute atomic E-state index is 12.8. The van der Waals surface area contributed by atoms with Gasteiger partial charge in [-0.05, 0) is 41.0 Å². The number of benzene rings is 3. The molecule has 0 radical (unpaired) electrons. The molecule has 1 fully saturated rings. The maximum Gasteiger partial charge on any atom is 0.330 e. The molecule has 0 saturated carbocycles. The van der Waals surface area contributed by atoms with Crippen molar-refractivity contribution >= 4 is 8.07 Å². The Morgan fingerprint density at radius 1 is 0.911 bits per heavy atom. The van der Waals surface area contributed by atoms with Crippen LogP contribution in [0.25, 0.3) is 0 Å². The number of rotatable bonds is 9. The first kappa shape index (κ1) is 32.0. The normalized spacial score (nSPS) is 18.2. The molecule has 1 aromatic heterocycles. The lowest BCUT2D eigenvalue weighted by molar-refractivity contribution is -0.0944. The molecular weight excluding hydrogens is 588 g/mol. The molecule has 10 heteroatoms. The van der Waals surface area contributed by atoms with Crippen LogP contribution < -0.4 is 20.7 Å². The first-order valence-corrected chi connectivity index (χ1v) is 18.2. The fourth-order valence-electron chi connectivity index (χ4n) is 5.36. The molecule has 0 unspecified atom stereocenters. The van der Waals surface area contributed by atoms with Gasteiger partial charge in [-0.2, -0.15) is 0 Å². The number of hydrogen-bond donors (Lipinski definition) is 2. The molecule has 3 aromatic carbocycles. The van der Waals surface area contributed by atoms with E-state index < -0.39 is 43.4 Å². The molecule has 4 aromatic rings. The fraction of sp³-hybridized carbons (Fsp3) is 0.314. The van der Waals surface area contributed by atoms with E-state index >= 15 is 0 Å². The van der Waals surface area contributed by atoms with Crippen LogP contribution in [0.2, 0.25) is 19.6 Å². The summed E-state index contributed by atoms with van der Waals surface area (Å²) in [6.07, 6.45) is -0.990. The van der Waals surface area contributed by atoms with E-state index in [0.717, 1.165) is 16.7 Å². The van der Waals surface area contributed by atoms with Gasteiger partial charge in [0.05, 0.1) is 26.9 Å². The highest BCUT2D eigenvalue weighted by Gasteiger charge is 2.42. The third kappa shape index (κ3) is 6.97. The van der Waals surface area contributed by atoms with Gasteiger partial charge >= 0.3 is 5.69 Å². The van der Waals surface area contributed by atoms with E-state index in [1.807, 2.05) is 78.9 Å². The molecule has 0 amide bonds. The number of ether oxygens (including phenoxy) is 4. The quantitative estimate of drug-likeness (QED) is 0.161. The van der Waals surface area contributed by atoms with Crippen LogP contribution in [0.4, 0.5) is 0 Å². The van der Waals surface area contributed by atoms with E-state index in [1.54, 1.807) is 14.2 Å². The van der Waals surface area contributed by atoms with Gasteiger partial charge in [0.25, 0.3) is 5.56 Å². The van der Waals surface area contributed by atoms with E-state index in [0.29, 0.717) is 11.5 Å². The molecule has 45 heavy (non-hydrogen) atoms. The number of methoxy groups -OCH3 is 2. The summed E-state index contributed by atoms with van der Waals surface area (Å²) in [7, 11) is 1.46. The van der Waals surface area contributed by atoms with Crippen molar-refractivity contribution in [2.24, 2.45) is 0 Å². The van der Waals surface area contributed by atoms with Crippen molar-refractivity contribution in [3.63, 3.8) is 0 Å². The van der Waals surface area contributed by atoms with Crippen LogP contribution in [0.15, 0.2) is 94.6 Å². The minimum absolute atomic E-state index is 0.00892. The average molecular weight is 627 g/mol. The Kier molecular flexibility index (Phi) is 9.46. The number of aliphatic hydroxyl groups excluding tert-OH is 1. The Morgan fingerprint density at radius 3 is 2.00 bits per heavy atom. The minimum atomic E-state index is -1.77. The molecule has 2 heterocycles. The molecule has 9 nitrogen and oxygen atoms in total. The zero-order valence-electron chi connectivity index (χ0n) is 26.1. The van der Waals surface area contributed by atoms with E-state index in [1.165, 1.54) is 10.8 Å². The smallest absolute Gasteiger partial charge is 0.330 e. The van der Waals surface area contributed by atoms with Crippen LogP contribution in [0.1, 0.15) is 34.9 Å². The van der Waals surface area contributed by atoms with Crippen LogP contribution >= 0.6 is 0 Å². The number of aliphatic hydroxyl groups is 1. The van der Waals surface area contributed by atoms with Crippen molar-refractivity contribution in [2.45, 2.75) is 50.1 Å². The van der Waals surface area contributed by atoms with Gasteiger partial charge in [0.1, 0.15) is 43.1 Å². The molecular formula is C35H38N2O7Si. The maximum atomic E-state index is 12.8. The SMILES string of the molecule is COc1ccc(C(OC[C@H]2O[C@@H](n3cc(C#C[Si](C)(C)C)c(=O)[nH]c3=O)C[C@@H]2O)(c2ccccc2)c2ccc(OC)cc2)cc1. The summed E-state index contributed by atoms with van der Waals surface area (Å²) in [6, 6.07) is 25.1. The summed E-state index contributed by atoms with van der Waals surface area (Å²) in [6.45, 7) is 6.20. The summed E-state index contributed by atoms with van der Waals surface area (Å²) in [5, 5.41) is 11.1. The van der Waals surface area contributed by atoms with Gasteiger partial charge < -0.3 is 24.1 Å². The molecule has 5 rings (SSSR count). The Hall–Kier alpha value is -4.40. The number of hydrogen-bond acceptors (Lipinski definition) is 7. The Bertz CT molecular complexity index is 1740. The highest BCUT2D eigenvalue weighted by molar-refractivity contribution is 6.83. The molecule has 0 bridgehead atoms. The zero-order chi connectivity index (χ0) is 32.2. The van der Waals surface area contributed by atoms with E-state index in [9.17, 15) is 14.7 Å². The largest absolute Gasteiger partial charge is 0.497 e. The van der Waals surface area contributed by atoms with Crippen molar-refractivity contribution in [3.05, 3.63) is 128 Å². The summed E-state index contributed by atoms with van der Waals surface area (Å²) >= 11 is 0. The number of H-pyrrole nitrogens is 1. The average Bonchev–Trinajstić information content (AvgIpc) is 3.41. The lowest BCUT2D eigenvalue weighted by Gasteiger charge is -2.37. The highest BCUT2D eigenvalue weighted by Crippen LogP contribution is 2.42. The van der Waals surface area contributed by atoms with Gasteiger partial charge in [-0.1, -0.05) is 80.2 Å². The number of nitrogens with one attached hydrogen (secondary N) is 1. The van der Waals surface area contributed by atoms with Gasteiger partial charge in [-0.25, -0.2) is 4.79 Å². The van der Waals surface area contributed by atoms with Crippen LogP contribution in [0.5, 0.6) is 11.5 Å². The lowest BCUT2D eigenvalue weighted by Crippen LogP contribution is -2.38. The molecule has 2 N–H and O–H groups in total. The minimum Gasteiger partial charge on any atom is -0.497 e. The van der Waals surface area contributed by atoms with E-state index in [-0.39, 0.29) is 18.6 Å². The second-order valence-electron chi connectivity index (χ2n) is 12.0. The monoisotopic (exact) mass is 626 g/mol. The van der Waals surface area contributed by atoms with Crippen LogP contribution in [0, 0.1) is 11.5 Å². The Labute approximate surface area is 263 Å². The predicted molar refractivity (Wildman–Crippen MR) is 174 cm³/mol. The molecule has 1 aliphatic rings. The lowest BCUT2D eigenvalue weighted by atomic mass is 9.80. The standard InChI is InChI=1S/C35H38N2O7Si/c1-41-28-15-11-26(12-16-28)35(25-9-7-6-8-10-25,27-13-17-29(42-2)18-14-27)43-23-31-30(38)21-32(44-31)37-22-24(19-20-45(3,4)5)33(39)36-34(37)40/h6-18,22,30-32,38H,21,23H2,1-5H3,(H,36,39,40)/t30-,31+,32+/m0/s1. The van der Waals surface area contributed by atoms with Crippen molar-refractivity contribution in [2.75, 3.05) is 20.8 Å². The summed E-state index contributed by atoms with van der Waals surface area (Å²) in [4.78, 5) is 27.6. The van der Waals surface area contributed by atoms with Crippen molar-refractivity contribution in [3.8, 4) is 23.0 Å². The van der Waals surface area contributed by atoms with Gasteiger partial charge in [-0.3, -0.25) is 14.3 Å². The predicted octanol–water partition coefficient (Wildman–Crippen LogP) is 4.44. The summed E-state index contributed by atoms with van der Waals surface area (Å²) < 4.78 is 25.3. The summed E-state index contributed by atoms with van der Waals surface area (Å²) in [5.74, 6) is 4.33. The van der Waals surface area contributed by atoms with Crippen LogP contribution in [0.3, 0.4) is 0 Å². The van der Waals surface area contributed by atoms with Crippen molar-refractivity contribution in [1.29, 1.82) is 0 Å². The fourth-order valence-corrected chi connectivity index (χ4v) is 5.87. The molecule has 234 valence electrons. The van der Waals surface area contributed by atoms with Gasteiger partial charge in [0.2, 0.25) is 0 Å². The number of nitrogens with zero attached hydrogens (tertiary/aromatic N) is 1. The number of aromatic nitrogens is 2. The highest BCUT2D eigenvalue weighted by atomic mass is 28.3. The molecule has 1 saturated heterocycles. The van der Waals surface area contributed by atoms with E-state index in [2.05, 4.69) is 36.1 Å². The van der Waals surface area contributed by atoms with E-state index in [4.69, 9.17) is 18.9 Å². The van der Waals surface area contributed by atoms with Crippen molar-refractivity contribution in [1.82, 2.24) is 9.55 Å². The van der Waals surface area contributed by atoms with Crippen LogP contribution in [-0.4, -0.2) is 55.8 Å². The van der Waals surface area contributed by atoms with Gasteiger partial charge in [-0.15, -0.1) is 5.54 Å². The first-order valence-electron chi connectivity index (χ1n) is 14.7. The molecule has 0 spiro atoms. The van der Waals surface area contributed by atoms with Gasteiger partial charge in [0, 0.05) is 12.6 Å². The second-order valence-corrected chi connectivity index (χ2v) is 16.7. The number of aromatic amines is 1. The third-order valence-electron chi connectivity index (χ3n) is 7.69. The Morgan fingerprint density at radius 2 is 1.47 bits per heavy atom. The van der Waals surface area contributed by atoms with Crippen molar-refractivity contribution < 1.29 is 24.1 Å². The molecule has 0 aliphatic carbocycles. The molecule has 3 atom stereocenters. The Balaban J connectivity index is 1.51. The first-order chi connectivity index (χ1) is 21.5. The topological polar surface area (TPSA) is 112 Å².